The van der Waals surface area contributed by atoms with Crippen LogP contribution in [-0.2, 0) is 4.79 Å². The first-order valence-electron chi connectivity index (χ1n) is 7.98. The van der Waals surface area contributed by atoms with E-state index < -0.39 is 0 Å². The van der Waals surface area contributed by atoms with E-state index in [1.54, 1.807) is 15.8 Å². The summed E-state index contributed by atoms with van der Waals surface area (Å²) in [4.78, 5) is 14.4. The third-order valence-corrected chi connectivity index (χ3v) is 3.77. The molecule has 5 heteroatoms. The van der Waals surface area contributed by atoms with Crippen LogP contribution in [0.5, 0.6) is 0 Å². The first kappa shape index (κ1) is 15.8. The molecular formula is C19H20N4O. The van der Waals surface area contributed by atoms with Crippen molar-refractivity contribution in [3.8, 4) is 5.69 Å². The normalized spacial score (nSPS) is 10.4. The van der Waals surface area contributed by atoms with Crippen molar-refractivity contribution in [1.82, 2.24) is 9.78 Å². The standard InChI is InChI=1S/C19H20N4O/c1-2-22(16-9-4-3-5-10-16)19(24)15-20-17-11-6-7-12-18(17)23-14-8-13-21-23/h3-14,20H,2,15H2,1H3. The summed E-state index contributed by atoms with van der Waals surface area (Å²) in [6.07, 6.45) is 3.61. The van der Waals surface area contributed by atoms with Crippen LogP contribution in [-0.4, -0.2) is 28.8 Å². The van der Waals surface area contributed by atoms with Gasteiger partial charge in [-0.3, -0.25) is 4.79 Å². The van der Waals surface area contributed by atoms with Gasteiger partial charge in [-0.25, -0.2) is 4.68 Å². The molecule has 0 unspecified atom stereocenters. The first-order chi connectivity index (χ1) is 11.8. The minimum Gasteiger partial charge on any atom is -0.374 e. The lowest BCUT2D eigenvalue weighted by atomic mass is 10.2. The summed E-state index contributed by atoms with van der Waals surface area (Å²) in [5, 5.41) is 7.49. The van der Waals surface area contributed by atoms with E-state index in [0.29, 0.717) is 6.54 Å². The van der Waals surface area contributed by atoms with Crippen LogP contribution in [0.3, 0.4) is 0 Å². The Bertz CT molecular complexity index is 784. The highest BCUT2D eigenvalue weighted by Gasteiger charge is 2.14. The largest absolute Gasteiger partial charge is 0.374 e. The number of para-hydroxylation sites is 3. The van der Waals surface area contributed by atoms with Crippen molar-refractivity contribution in [3.05, 3.63) is 73.1 Å². The second-order valence-corrected chi connectivity index (χ2v) is 5.29. The molecule has 3 rings (SSSR count). The quantitative estimate of drug-likeness (QED) is 0.758. The van der Waals surface area contributed by atoms with E-state index in [1.807, 2.05) is 73.8 Å². The minimum atomic E-state index is 0.0268. The molecule has 0 bridgehead atoms. The van der Waals surface area contributed by atoms with Crippen LogP contribution >= 0.6 is 0 Å². The highest BCUT2D eigenvalue weighted by molar-refractivity contribution is 5.96. The molecule has 0 saturated carbocycles. The second kappa shape index (κ2) is 7.46. The Labute approximate surface area is 141 Å². The van der Waals surface area contributed by atoms with Gasteiger partial charge in [0, 0.05) is 24.6 Å². The maximum Gasteiger partial charge on any atom is 0.246 e. The Hall–Kier alpha value is -3.08. The van der Waals surface area contributed by atoms with Crippen LogP contribution in [0.2, 0.25) is 0 Å². The molecule has 1 heterocycles. The molecule has 122 valence electrons. The van der Waals surface area contributed by atoms with Crippen molar-refractivity contribution in [3.63, 3.8) is 0 Å². The number of nitrogens with one attached hydrogen (secondary N) is 1. The fourth-order valence-electron chi connectivity index (χ4n) is 2.61. The second-order valence-electron chi connectivity index (χ2n) is 5.29. The summed E-state index contributed by atoms with van der Waals surface area (Å²) >= 11 is 0. The number of aromatic nitrogens is 2. The molecule has 0 aliphatic heterocycles. The third-order valence-electron chi connectivity index (χ3n) is 3.77. The predicted molar refractivity (Wildman–Crippen MR) is 96.5 cm³/mol. The maximum absolute atomic E-state index is 12.6. The van der Waals surface area contributed by atoms with Crippen molar-refractivity contribution in [2.75, 3.05) is 23.3 Å². The molecule has 3 aromatic rings. The van der Waals surface area contributed by atoms with Gasteiger partial charge in [0.15, 0.2) is 0 Å². The van der Waals surface area contributed by atoms with Gasteiger partial charge in [0.25, 0.3) is 0 Å². The van der Waals surface area contributed by atoms with Crippen LogP contribution in [0.1, 0.15) is 6.92 Å². The lowest BCUT2D eigenvalue weighted by Gasteiger charge is -2.22. The summed E-state index contributed by atoms with van der Waals surface area (Å²) in [5.41, 5.74) is 2.70. The summed E-state index contributed by atoms with van der Waals surface area (Å²) in [5.74, 6) is 0.0268. The van der Waals surface area contributed by atoms with Crippen molar-refractivity contribution in [2.45, 2.75) is 6.92 Å². The number of benzene rings is 2. The predicted octanol–water partition coefficient (Wildman–Crippen LogP) is 3.34. The number of hydrogen-bond donors (Lipinski definition) is 1. The average Bonchev–Trinajstić information content (AvgIpc) is 3.16. The van der Waals surface area contributed by atoms with Crippen LogP contribution < -0.4 is 10.2 Å². The Morgan fingerprint density at radius 3 is 2.54 bits per heavy atom. The van der Waals surface area contributed by atoms with Crippen LogP contribution in [0.15, 0.2) is 73.1 Å². The number of amides is 1. The zero-order valence-corrected chi connectivity index (χ0v) is 13.6. The molecule has 1 aromatic heterocycles. The van der Waals surface area contributed by atoms with E-state index in [4.69, 9.17) is 0 Å². The van der Waals surface area contributed by atoms with Gasteiger partial charge in [-0.1, -0.05) is 30.3 Å². The number of carbonyl (C=O) groups is 1. The Balaban J connectivity index is 1.73. The number of carbonyl (C=O) groups excluding carboxylic acids is 1. The van der Waals surface area contributed by atoms with Crippen LogP contribution in [0.25, 0.3) is 5.69 Å². The smallest absolute Gasteiger partial charge is 0.246 e. The highest BCUT2D eigenvalue weighted by Crippen LogP contribution is 2.19. The van der Waals surface area contributed by atoms with Gasteiger partial charge in [0.05, 0.1) is 17.9 Å². The zero-order chi connectivity index (χ0) is 16.8. The molecule has 0 fully saturated rings. The molecular weight excluding hydrogens is 300 g/mol. The minimum absolute atomic E-state index is 0.0268. The number of nitrogens with zero attached hydrogens (tertiary/aromatic N) is 3. The summed E-state index contributed by atoms with van der Waals surface area (Å²) in [6.45, 7) is 2.83. The number of likely N-dealkylation sites (N-methyl/N-ethyl adjacent to an activating group) is 1. The van der Waals surface area contributed by atoms with Gasteiger partial charge < -0.3 is 10.2 Å². The Morgan fingerprint density at radius 1 is 1.08 bits per heavy atom. The van der Waals surface area contributed by atoms with Gasteiger partial charge in [0.1, 0.15) is 0 Å². The van der Waals surface area contributed by atoms with E-state index in [-0.39, 0.29) is 12.5 Å². The van der Waals surface area contributed by atoms with E-state index >= 15 is 0 Å². The molecule has 0 aliphatic carbocycles. The molecule has 0 aliphatic rings. The number of hydrogen-bond acceptors (Lipinski definition) is 3. The van der Waals surface area contributed by atoms with E-state index in [1.165, 1.54) is 0 Å². The fraction of sp³-hybridized carbons (Fsp3) is 0.158. The van der Waals surface area contributed by atoms with Gasteiger partial charge in [0.2, 0.25) is 5.91 Å². The van der Waals surface area contributed by atoms with Crippen LogP contribution in [0, 0.1) is 0 Å². The number of rotatable bonds is 6. The van der Waals surface area contributed by atoms with E-state index in [0.717, 1.165) is 17.1 Å². The topological polar surface area (TPSA) is 50.2 Å². The first-order valence-corrected chi connectivity index (χ1v) is 7.98. The monoisotopic (exact) mass is 320 g/mol. The Kier molecular flexibility index (Phi) is 4.91. The van der Waals surface area contributed by atoms with Crippen molar-refractivity contribution in [1.29, 1.82) is 0 Å². The Morgan fingerprint density at radius 2 is 1.83 bits per heavy atom. The molecule has 0 saturated heterocycles. The molecule has 24 heavy (non-hydrogen) atoms. The molecule has 5 nitrogen and oxygen atoms in total. The third kappa shape index (κ3) is 3.46. The van der Waals surface area contributed by atoms with Gasteiger partial charge >= 0.3 is 0 Å². The number of anilines is 2. The lowest BCUT2D eigenvalue weighted by molar-refractivity contribution is -0.116. The van der Waals surface area contributed by atoms with Crippen molar-refractivity contribution in [2.24, 2.45) is 0 Å². The molecule has 2 aromatic carbocycles. The van der Waals surface area contributed by atoms with E-state index in [9.17, 15) is 4.79 Å². The van der Waals surface area contributed by atoms with Crippen LogP contribution in [0.4, 0.5) is 11.4 Å². The highest BCUT2D eigenvalue weighted by atomic mass is 16.2. The van der Waals surface area contributed by atoms with Crippen molar-refractivity contribution < 1.29 is 4.79 Å². The van der Waals surface area contributed by atoms with Crippen molar-refractivity contribution >= 4 is 17.3 Å². The van der Waals surface area contributed by atoms with Gasteiger partial charge in [-0.05, 0) is 37.3 Å². The molecule has 0 atom stereocenters. The van der Waals surface area contributed by atoms with Gasteiger partial charge in [-0.2, -0.15) is 5.10 Å². The lowest BCUT2D eigenvalue weighted by Crippen LogP contribution is -2.35. The van der Waals surface area contributed by atoms with E-state index in [2.05, 4.69) is 10.4 Å². The average molecular weight is 320 g/mol. The fourth-order valence-corrected chi connectivity index (χ4v) is 2.61. The molecule has 1 amide bonds. The SMILES string of the molecule is CCN(C(=O)CNc1ccccc1-n1cccn1)c1ccccc1. The maximum atomic E-state index is 12.6. The summed E-state index contributed by atoms with van der Waals surface area (Å²) < 4.78 is 1.78. The molecule has 1 N–H and O–H groups in total. The summed E-state index contributed by atoms with van der Waals surface area (Å²) in [6, 6.07) is 19.4. The van der Waals surface area contributed by atoms with Gasteiger partial charge in [-0.15, -0.1) is 0 Å². The molecule has 0 spiro atoms. The summed E-state index contributed by atoms with van der Waals surface area (Å²) in [7, 11) is 0. The zero-order valence-electron chi connectivity index (χ0n) is 13.6. The molecule has 0 radical (unpaired) electrons.